The number of thioether (sulfide) groups is 1. The van der Waals surface area contributed by atoms with Crippen LogP contribution in [0.3, 0.4) is 0 Å². The highest BCUT2D eigenvalue weighted by atomic mass is 32.2. The molecule has 1 atom stereocenters. The van der Waals surface area contributed by atoms with Crippen molar-refractivity contribution in [3.05, 3.63) is 102 Å². The van der Waals surface area contributed by atoms with Crippen LogP contribution in [0.4, 0.5) is 10.5 Å². The number of hydrogen-bond donors (Lipinski definition) is 1. The molecule has 0 bridgehead atoms. The van der Waals surface area contributed by atoms with Crippen LogP contribution in [0.5, 0.6) is 11.5 Å². The minimum atomic E-state index is -0.346. The molecule has 3 aromatic carbocycles. The Balaban J connectivity index is 1.63. The summed E-state index contributed by atoms with van der Waals surface area (Å²) in [7, 11) is 3.24. The number of anilines is 1. The molecule has 4 aromatic rings. The largest absolute Gasteiger partial charge is 0.493 e. The van der Waals surface area contributed by atoms with E-state index in [9.17, 15) is 4.79 Å². The summed E-state index contributed by atoms with van der Waals surface area (Å²) in [4.78, 5) is 16.8. The number of amides is 2. The number of rotatable bonds is 5. The molecule has 2 amide bonds. The average Bonchev–Trinajstić information content (AvgIpc) is 3.32. The third-order valence-corrected chi connectivity index (χ3v) is 6.99. The lowest BCUT2D eigenvalue weighted by atomic mass is 10.0. The van der Waals surface area contributed by atoms with Gasteiger partial charge in [0.2, 0.25) is 0 Å². The first-order valence-corrected chi connectivity index (χ1v) is 12.5. The molecule has 1 aromatic heterocycles. The lowest BCUT2D eigenvalue weighted by molar-refractivity contribution is 0.194. The second-order valence-corrected chi connectivity index (χ2v) is 9.12. The van der Waals surface area contributed by atoms with Gasteiger partial charge in [-0.1, -0.05) is 30.3 Å². The minimum absolute atomic E-state index is 0.174. The number of nitrogens with zero attached hydrogens (tertiary/aromatic N) is 2. The molecule has 0 fully saturated rings. The molecule has 178 valence electrons. The summed E-state index contributed by atoms with van der Waals surface area (Å²) >= 11 is 1.64. The van der Waals surface area contributed by atoms with Crippen molar-refractivity contribution in [2.45, 2.75) is 17.5 Å². The second-order valence-electron chi connectivity index (χ2n) is 8.24. The molecule has 0 spiro atoms. The van der Waals surface area contributed by atoms with E-state index < -0.39 is 0 Å². The fourth-order valence-electron chi connectivity index (χ4n) is 4.61. The molecular weight excluding hydrogens is 458 g/mol. The van der Waals surface area contributed by atoms with Crippen molar-refractivity contribution in [1.82, 2.24) is 9.47 Å². The first-order chi connectivity index (χ1) is 17.1. The van der Waals surface area contributed by atoms with Crippen LogP contribution in [-0.2, 0) is 6.54 Å². The molecule has 1 N–H and O–H groups in total. The molecule has 0 unspecified atom stereocenters. The van der Waals surface area contributed by atoms with Crippen molar-refractivity contribution >= 4 is 23.5 Å². The number of benzene rings is 3. The Morgan fingerprint density at radius 1 is 0.943 bits per heavy atom. The molecule has 7 heteroatoms. The van der Waals surface area contributed by atoms with E-state index in [0.717, 1.165) is 33.1 Å². The number of carbonyl (C=O) groups excluding carboxylic acids is 1. The number of methoxy groups -OCH3 is 2. The first-order valence-electron chi connectivity index (χ1n) is 11.3. The number of hydrogen-bond acceptors (Lipinski definition) is 4. The van der Waals surface area contributed by atoms with Crippen LogP contribution in [0, 0.1) is 0 Å². The van der Waals surface area contributed by atoms with Crippen LogP contribution in [0.15, 0.2) is 90.0 Å². The Morgan fingerprint density at radius 2 is 1.77 bits per heavy atom. The van der Waals surface area contributed by atoms with Gasteiger partial charge in [0.1, 0.15) is 0 Å². The third kappa shape index (κ3) is 4.35. The van der Waals surface area contributed by atoms with E-state index in [1.165, 1.54) is 0 Å². The Labute approximate surface area is 209 Å². The maximum absolute atomic E-state index is 13.9. The van der Waals surface area contributed by atoms with Gasteiger partial charge in [-0.2, -0.15) is 0 Å². The molecule has 6 nitrogen and oxygen atoms in total. The van der Waals surface area contributed by atoms with Crippen molar-refractivity contribution in [2.24, 2.45) is 0 Å². The van der Waals surface area contributed by atoms with Crippen molar-refractivity contribution < 1.29 is 14.3 Å². The fourth-order valence-corrected chi connectivity index (χ4v) is 5.07. The zero-order chi connectivity index (χ0) is 24.4. The summed E-state index contributed by atoms with van der Waals surface area (Å²) in [6.45, 7) is 0.449. The fraction of sp³-hybridized carbons (Fsp3) is 0.179. The van der Waals surface area contributed by atoms with Crippen molar-refractivity contribution in [3.8, 4) is 17.2 Å². The van der Waals surface area contributed by atoms with E-state index in [-0.39, 0.29) is 12.1 Å². The van der Waals surface area contributed by atoms with Crippen LogP contribution in [0.1, 0.15) is 22.9 Å². The number of nitrogens with one attached hydrogen (secondary N) is 1. The van der Waals surface area contributed by atoms with E-state index >= 15 is 0 Å². The Bertz CT molecular complexity index is 1370. The number of ether oxygens (including phenoxy) is 2. The van der Waals surface area contributed by atoms with Gasteiger partial charge in [0.05, 0.1) is 32.5 Å². The molecule has 5 rings (SSSR count). The lowest BCUT2D eigenvalue weighted by Crippen LogP contribution is -2.37. The maximum Gasteiger partial charge on any atom is 0.322 e. The topological polar surface area (TPSA) is 55.7 Å². The molecular formula is C28H27N3O3S. The summed E-state index contributed by atoms with van der Waals surface area (Å²) < 4.78 is 13.2. The molecule has 0 radical (unpaired) electrons. The average molecular weight is 486 g/mol. The third-order valence-electron chi connectivity index (χ3n) is 6.27. The monoisotopic (exact) mass is 485 g/mol. The van der Waals surface area contributed by atoms with Crippen molar-refractivity contribution in [2.75, 3.05) is 25.8 Å². The van der Waals surface area contributed by atoms with Gasteiger partial charge in [0.25, 0.3) is 0 Å². The van der Waals surface area contributed by atoms with Gasteiger partial charge in [-0.15, -0.1) is 11.8 Å². The molecule has 35 heavy (non-hydrogen) atoms. The number of para-hydroxylation sites is 1. The zero-order valence-corrected chi connectivity index (χ0v) is 20.7. The highest BCUT2D eigenvalue weighted by Crippen LogP contribution is 2.40. The van der Waals surface area contributed by atoms with E-state index in [1.807, 2.05) is 78.0 Å². The van der Waals surface area contributed by atoms with Gasteiger partial charge in [-0.3, -0.25) is 0 Å². The summed E-state index contributed by atoms with van der Waals surface area (Å²) in [6.07, 6.45) is 4.07. The molecule has 2 heterocycles. The summed E-state index contributed by atoms with van der Waals surface area (Å²) in [5.74, 6) is 1.27. The molecule has 0 saturated carbocycles. The van der Waals surface area contributed by atoms with Crippen LogP contribution in [0.2, 0.25) is 0 Å². The predicted molar refractivity (Wildman–Crippen MR) is 140 cm³/mol. The zero-order valence-electron chi connectivity index (χ0n) is 19.9. The maximum atomic E-state index is 13.9. The van der Waals surface area contributed by atoms with Gasteiger partial charge in [-0.05, 0) is 65.9 Å². The van der Waals surface area contributed by atoms with Crippen LogP contribution in [0.25, 0.3) is 5.69 Å². The van der Waals surface area contributed by atoms with Gasteiger partial charge in [0, 0.05) is 22.5 Å². The number of carbonyl (C=O) groups is 1. The van der Waals surface area contributed by atoms with Crippen LogP contribution in [-0.4, -0.2) is 36.0 Å². The number of urea groups is 1. The lowest BCUT2D eigenvalue weighted by Gasteiger charge is -2.31. The quantitative estimate of drug-likeness (QED) is 0.335. The molecule has 0 aliphatic carbocycles. The van der Waals surface area contributed by atoms with Gasteiger partial charge in [-0.25, -0.2) is 4.79 Å². The summed E-state index contributed by atoms with van der Waals surface area (Å²) in [5, 5.41) is 3.13. The predicted octanol–water partition coefficient (Wildman–Crippen LogP) is 6.35. The Hall–Kier alpha value is -3.84. The highest BCUT2D eigenvalue weighted by Gasteiger charge is 2.33. The van der Waals surface area contributed by atoms with Crippen LogP contribution >= 0.6 is 11.8 Å². The van der Waals surface area contributed by atoms with Crippen molar-refractivity contribution in [1.29, 1.82) is 0 Å². The second kappa shape index (κ2) is 9.80. The summed E-state index contributed by atoms with van der Waals surface area (Å²) in [5.41, 5.74) is 4.83. The van der Waals surface area contributed by atoms with Crippen LogP contribution < -0.4 is 14.8 Å². The van der Waals surface area contributed by atoms with E-state index in [2.05, 4.69) is 28.1 Å². The van der Waals surface area contributed by atoms with Crippen molar-refractivity contribution in [3.63, 3.8) is 0 Å². The van der Waals surface area contributed by atoms with Gasteiger partial charge >= 0.3 is 6.03 Å². The first kappa shape index (κ1) is 22.9. The van der Waals surface area contributed by atoms with E-state index in [1.54, 1.807) is 26.0 Å². The Morgan fingerprint density at radius 3 is 2.57 bits per heavy atom. The highest BCUT2D eigenvalue weighted by molar-refractivity contribution is 7.98. The Kier molecular flexibility index (Phi) is 6.42. The smallest absolute Gasteiger partial charge is 0.322 e. The molecule has 0 saturated heterocycles. The van der Waals surface area contributed by atoms with Gasteiger partial charge < -0.3 is 24.3 Å². The number of fused-ring (bicyclic) bond motifs is 3. The molecule has 1 aliphatic heterocycles. The number of aromatic nitrogens is 1. The molecule has 1 aliphatic rings. The minimum Gasteiger partial charge on any atom is -0.493 e. The van der Waals surface area contributed by atoms with Gasteiger partial charge in [0.15, 0.2) is 11.5 Å². The van der Waals surface area contributed by atoms with E-state index in [4.69, 9.17) is 9.47 Å². The standard InChI is InChI=1S/C28H27N3O3S/c1-33-25-14-13-19(16-26(25)34-2)27-24-12-7-15-30(24)23-11-5-4-8-20(23)18-31(27)28(32)29-21-9-6-10-22(17-21)35-3/h4-17,27H,18H2,1-3H3,(H,29,32)/t27-/m1/s1. The van der Waals surface area contributed by atoms with E-state index in [0.29, 0.717) is 18.0 Å². The normalized spacial score (nSPS) is 14.5. The SMILES string of the molecule is COc1ccc([C@@H]2c3cccn3-c3ccccc3CN2C(=O)Nc2cccc(SC)c2)cc1OC. The summed E-state index contributed by atoms with van der Waals surface area (Å²) in [6, 6.07) is 25.5.